The van der Waals surface area contributed by atoms with Crippen molar-refractivity contribution in [3.8, 4) is 0 Å². The smallest absolute Gasteiger partial charge is 0.0483 e. The van der Waals surface area contributed by atoms with Crippen LogP contribution in [-0.4, -0.2) is 104 Å². The van der Waals surface area contributed by atoms with E-state index in [9.17, 15) is 0 Å². The molecule has 0 fully saturated rings. The normalized spacial score (nSPS) is 7.50. The van der Waals surface area contributed by atoms with Crippen molar-refractivity contribution < 1.29 is 111 Å². The summed E-state index contributed by atoms with van der Waals surface area (Å²) in [5.41, 5.74) is 0. The van der Waals surface area contributed by atoms with Crippen molar-refractivity contribution >= 4 is 0 Å². The molecular weight excluding hydrogens is 720 g/mol. The van der Waals surface area contributed by atoms with E-state index in [0.717, 1.165) is 19.3 Å². The number of aliphatic hydroxyl groups is 9. The molecule has 0 spiro atoms. The Morgan fingerprint density at radius 3 is 0.354 bits per heavy atom. The maximum Gasteiger partial charge on any atom is 0.0483 e. The van der Waals surface area contributed by atoms with Crippen LogP contribution in [0.25, 0.3) is 0 Å². The van der Waals surface area contributed by atoms with Gasteiger partial charge in [-0.1, -0.05) is 20.8 Å². The van der Waals surface area contributed by atoms with Gasteiger partial charge in [0.1, 0.15) is 0 Å². The quantitative estimate of drug-likeness (QED) is 0.105. The third-order valence-electron chi connectivity index (χ3n) is 0.671. The zero-order valence-electron chi connectivity index (χ0n) is 36.1. The molecule has 0 amide bonds. The van der Waals surface area contributed by atoms with Gasteiger partial charge in [-0.15, -0.1) is 0 Å². The van der Waals surface area contributed by atoms with Crippen molar-refractivity contribution in [2.45, 2.75) is 183 Å². The first-order valence-electron chi connectivity index (χ1n) is 16.4. The van der Waals surface area contributed by atoms with Gasteiger partial charge in [0, 0.05) is 123 Å². The van der Waals surface area contributed by atoms with E-state index < -0.39 is 0 Å². The van der Waals surface area contributed by atoms with E-state index in [0.29, 0.717) is 19.8 Å². The molecule has 9 nitrogen and oxygen atoms in total. The summed E-state index contributed by atoms with van der Waals surface area (Å²) in [5, 5.41) is 70.5. The molecule has 0 rings (SSSR count). The third-order valence-corrected chi connectivity index (χ3v) is 0.671. The van der Waals surface area contributed by atoms with Crippen LogP contribution in [-0.2, 0) is 65.2 Å². The van der Waals surface area contributed by atoms with Crippen LogP contribution in [0.4, 0.5) is 0 Å². The Balaban J connectivity index is -0.0000000190. The summed E-state index contributed by atoms with van der Waals surface area (Å²) in [7, 11) is 0. The minimum Gasteiger partial charge on any atom is -0.397 e. The van der Waals surface area contributed by atoms with Crippen LogP contribution in [0.1, 0.15) is 165 Å². The molecule has 0 aromatic heterocycles. The van der Waals surface area contributed by atoms with Crippen molar-refractivity contribution in [2.75, 3.05) is 39.6 Å². The van der Waals surface area contributed by atoms with Crippen LogP contribution in [0.5, 0.6) is 0 Å². The Morgan fingerprint density at radius 2 is 0.354 bits per heavy atom. The second kappa shape index (κ2) is 134. The van der Waals surface area contributed by atoms with Crippen molar-refractivity contribution in [3.05, 3.63) is 17.8 Å². The zero-order valence-corrected chi connectivity index (χ0v) is 40.8. The Morgan fingerprint density at radius 1 is 0.333 bits per heavy atom. The Labute approximate surface area is 349 Å². The Kier molecular flexibility index (Phi) is 274. The zero-order chi connectivity index (χ0) is 39.8. The third kappa shape index (κ3) is 4570. The van der Waals surface area contributed by atoms with E-state index in [1.54, 1.807) is 62.3 Å². The molecule has 0 unspecified atom stereocenters. The SMILES string of the molecule is CC(C)O.CC(C)O.CC(C)O.CCCO.CCCO.CCCO.CCO.CCO.CCO.C[C-](C)C.C[C-](C)C.C[C-](C)C.[Ti].[Ti].[Ti]. The van der Waals surface area contributed by atoms with Gasteiger partial charge in [-0.3, -0.25) is 0 Å². The Bertz CT molecular complexity index is 210. The van der Waals surface area contributed by atoms with Gasteiger partial charge in [-0.25, -0.2) is 0 Å². The fourth-order valence-electron chi connectivity index (χ4n) is 0. The molecule has 0 aliphatic carbocycles. The van der Waals surface area contributed by atoms with E-state index in [1.807, 2.05) is 20.8 Å². The predicted octanol–water partition coefficient (Wildman–Crippen LogP) is 7.18. The minimum absolute atomic E-state index is 0. The monoisotopic (exact) mass is 814 g/mol. The second-order valence-corrected chi connectivity index (χ2v) is 10.9. The molecule has 0 heterocycles. The van der Waals surface area contributed by atoms with E-state index >= 15 is 0 Å². The van der Waals surface area contributed by atoms with Gasteiger partial charge in [0.15, 0.2) is 0 Å². The topological polar surface area (TPSA) is 182 Å². The molecule has 48 heavy (non-hydrogen) atoms. The van der Waals surface area contributed by atoms with Gasteiger partial charge in [0.05, 0.1) is 0 Å². The fraction of sp³-hybridized carbons (Fsp3) is 0.917. The second-order valence-electron chi connectivity index (χ2n) is 10.9. The summed E-state index contributed by atoms with van der Waals surface area (Å²) in [4.78, 5) is 0. The average Bonchev–Trinajstić information content (AvgIpc) is 2.83. The summed E-state index contributed by atoms with van der Waals surface area (Å²) in [6.07, 6.45) is 2.12. The molecule has 0 aliphatic heterocycles. The van der Waals surface area contributed by atoms with Crippen LogP contribution in [0.15, 0.2) is 0 Å². The van der Waals surface area contributed by atoms with E-state index in [4.69, 9.17) is 46.0 Å². The van der Waals surface area contributed by atoms with Crippen LogP contribution in [0.2, 0.25) is 0 Å². The molecule has 0 atom stereocenters. The first-order chi connectivity index (χ1) is 20.4. The predicted molar refractivity (Wildman–Crippen MR) is 203 cm³/mol. The largest absolute Gasteiger partial charge is 0.397 e. The van der Waals surface area contributed by atoms with Crippen LogP contribution in [0, 0.1) is 17.8 Å². The molecule has 0 aromatic carbocycles. The van der Waals surface area contributed by atoms with Crippen molar-refractivity contribution in [3.63, 3.8) is 0 Å². The van der Waals surface area contributed by atoms with Crippen molar-refractivity contribution in [2.24, 2.45) is 0 Å². The summed E-state index contributed by atoms with van der Waals surface area (Å²) >= 11 is 0. The van der Waals surface area contributed by atoms with Gasteiger partial charge in [-0.05, 0) is 81.6 Å². The van der Waals surface area contributed by atoms with Gasteiger partial charge in [-0.2, -0.15) is 62.3 Å². The minimum atomic E-state index is -0.167. The molecule has 12 heteroatoms. The van der Waals surface area contributed by atoms with Gasteiger partial charge >= 0.3 is 0 Å². The molecule has 0 radical (unpaired) electrons. The summed E-state index contributed by atoms with van der Waals surface area (Å²) in [6.45, 7) is 41.6. The fourth-order valence-corrected chi connectivity index (χ4v) is 0. The molecule has 0 bridgehead atoms. The maximum absolute atomic E-state index is 8.06. The van der Waals surface area contributed by atoms with Gasteiger partial charge in [0.2, 0.25) is 0 Å². The number of hydrogen-bond acceptors (Lipinski definition) is 9. The number of hydrogen-bond donors (Lipinski definition) is 9. The number of rotatable bonds is 3. The molecule has 0 saturated heterocycles. The summed E-state index contributed by atoms with van der Waals surface area (Å²) in [6, 6.07) is 0. The van der Waals surface area contributed by atoms with Crippen LogP contribution < -0.4 is 0 Å². The molecule has 0 aromatic rings. The molecule has 0 aliphatic rings. The maximum atomic E-state index is 8.06. The molecule has 0 saturated carbocycles. The first-order valence-corrected chi connectivity index (χ1v) is 16.4. The average molecular weight is 814 g/mol. The molecular formula is C36H93O9Ti3-3. The van der Waals surface area contributed by atoms with Gasteiger partial charge < -0.3 is 63.7 Å². The van der Waals surface area contributed by atoms with Crippen molar-refractivity contribution in [1.29, 1.82) is 0 Å². The van der Waals surface area contributed by atoms with E-state index in [2.05, 4.69) is 62.3 Å². The van der Waals surface area contributed by atoms with Crippen molar-refractivity contribution in [1.82, 2.24) is 0 Å². The van der Waals surface area contributed by atoms with Crippen LogP contribution >= 0.6 is 0 Å². The van der Waals surface area contributed by atoms with E-state index in [-0.39, 0.29) is 103 Å². The first kappa shape index (κ1) is 97.9. The number of aliphatic hydroxyl groups excluding tert-OH is 9. The summed E-state index contributed by atoms with van der Waals surface area (Å²) in [5.74, 6) is 4.25. The summed E-state index contributed by atoms with van der Waals surface area (Å²) < 4.78 is 0. The standard InChI is InChI=1S/3C4H9.6C3H8O.3C2H6O.3Ti/c3*1-4(2)3;3*1-3(2)4;3*1-2-3-4;3*1-2-3;;;/h3*1-3H3;3*3-4H,1-2H3;3*4H,2-3H2,1H3;3*3H,2H2,1H3;;;/q3*-1;;;;;;;;;;;;. The van der Waals surface area contributed by atoms with Crippen LogP contribution in [0.3, 0.4) is 0 Å². The van der Waals surface area contributed by atoms with E-state index in [1.165, 1.54) is 17.8 Å². The molecule has 306 valence electrons. The van der Waals surface area contributed by atoms with Gasteiger partial charge in [0.25, 0.3) is 0 Å². The Hall–Kier alpha value is 1.78. The molecule has 9 N–H and O–H groups in total.